The molecule has 0 atom stereocenters. The van der Waals surface area contributed by atoms with Gasteiger partial charge in [-0.25, -0.2) is 4.98 Å². The van der Waals surface area contributed by atoms with Crippen LogP contribution in [-0.2, 0) is 0 Å². The summed E-state index contributed by atoms with van der Waals surface area (Å²) in [5, 5.41) is 14.5. The van der Waals surface area contributed by atoms with E-state index in [4.69, 9.17) is 16.3 Å². The standard InChI is InChI=1S/C17H13ClN4O4/c1-26-16-5-3-12(18)9-13(16)20-17(23)11-2-4-14(15(8-11)22(24)25)21-7-6-19-10-21/h2-10H,1H3,(H,20,23). The summed E-state index contributed by atoms with van der Waals surface area (Å²) < 4.78 is 6.68. The van der Waals surface area contributed by atoms with E-state index in [9.17, 15) is 14.9 Å². The maximum atomic E-state index is 12.5. The normalized spacial score (nSPS) is 10.4. The van der Waals surface area contributed by atoms with Crippen molar-refractivity contribution in [3.8, 4) is 11.4 Å². The molecule has 1 aromatic heterocycles. The Kier molecular flexibility index (Phi) is 4.85. The molecular weight excluding hydrogens is 360 g/mol. The van der Waals surface area contributed by atoms with Crippen LogP contribution in [0.1, 0.15) is 10.4 Å². The number of amides is 1. The van der Waals surface area contributed by atoms with Crippen LogP contribution in [0.25, 0.3) is 5.69 Å². The first-order valence-electron chi connectivity index (χ1n) is 7.41. The van der Waals surface area contributed by atoms with Gasteiger partial charge < -0.3 is 14.6 Å². The number of aromatic nitrogens is 2. The summed E-state index contributed by atoms with van der Waals surface area (Å²) in [6.45, 7) is 0. The predicted octanol–water partition coefficient (Wildman–Crippen LogP) is 3.69. The fourth-order valence-corrected chi connectivity index (χ4v) is 2.58. The third kappa shape index (κ3) is 3.50. The van der Waals surface area contributed by atoms with Crippen molar-refractivity contribution in [2.45, 2.75) is 0 Å². The molecule has 0 saturated heterocycles. The molecular formula is C17H13ClN4O4. The smallest absolute Gasteiger partial charge is 0.294 e. The first kappa shape index (κ1) is 17.4. The number of benzene rings is 2. The summed E-state index contributed by atoms with van der Waals surface area (Å²) in [6, 6.07) is 8.97. The van der Waals surface area contributed by atoms with Crippen molar-refractivity contribution < 1.29 is 14.5 Å². The predicted molar refractivity (Wildman–Crippen MR) is 96.2 cm³/mol. The van der Waals surface area contributed by atoms with Crippen LogP contribution in [-0.4, -0.2) is 27.5 Å². The van der Waals surface area contributed by atoms with Gasteiger partial charge in [-0.3, -0.25) is 14.9 Å². The molecule has 1 amide bonds. The van der Waals surface area contributed by atoms with Gasteiger partial charge in [-0.1, -0.05) is 11.6 Å². The Morgan fingerprint density at radius 2 is 2.12 bits per heavy atom. The lowest BCUT2D eigenvalue weighted by Crippen LogP contribution is -2.13. The highest BCUT2D eigenvalue weighted by Crippen LogP contribution is 2.29. The SMILES string of the molecule is COc1ccc(Cl)cc1NC(=O)c1ccc(-n2ccnc2)c([N+](=O)[O-])c1. The molecule has 26 heavy (non-hydrogen) atoms. The number of nitro groups is 1. The molecule has 0 aliphatic heterocycles. The number of ether oxygens (including phenoxy) is 1. The largest absolute Gasteiger partial charge is 0.495 e. The summed E-state index contributed by atoms with van der Waals surface area (Å²) in [6.07, 6.45) is 4.54. The number of hydrogen-bond acceptors (Lipinski definition) is 5. The number of carbonyl (C=O) groups is 1. The minimum Gasteiger partial charge on any atom is -0.495 e. The molecule has 1 heterocycles. The molecule has 0 radical (unpaired) electrons. The lowest BCUT2D eigenvalue weighted by Gasteiger charge is -2.11. The van der Waals surface area contributed by atoms with Crippen molar-refractivity contribution in [2.75, 3.05) is 12.4 Å². The van der Waals surface area contributed by atoms with Crippen LogP contribution in [0.5, 0.6) is 5.75 Å². The second-order valence-electron chi connectivity index (χ2n) is 5.23. The zero-order valence-corrected chi connectivity index (χ0v) is 14.3. The molecule has 0 spiro atoms. The minimum atomic E-state index is -0.550. The number of nitrogens with zero attached hydrogens (tertiary/aromatic N) is 3. The minimum absolute atomic E-state index is 0.127. The number of halogens is 1. The van der Waals surface area contributed by atoms with Crippen LogP contribution >= 0.6 is 11.6 Å². The zero-order valence-electron chi connectivity index (χ0n) is 13.5. The van der Waals surface area contributed by atoms with E-state index < -0.39 is 10.8 Å². The van der Waals surface area contributed by atoms with Crippen molar-refractivity contribution in [1.82, 2.24) is 9.55 Å². The Morgan fingerprint density at radius 3 is 2.77 bits per heavy atom. The molecule has 0 aliphatic rings. The van der Waals surface area contributed by atoms with Gasteiger partial charge in [0.05, 0.1) is 24.0 Å². The quantitative estimate of drug-likeness (QED) is 0.543. The molecule has 0 bridgehead atoms. The fourth-order valence-electron chi connectivity index (χ4n) is 2.40. The highest BCUT2D eigenvalue weighted by atomic mass is 35.5. The van der Waals surface area contributed by atoms with Crippen LogP contribution in [0.3, 0.4) is 0 Å². The number of nitrogens with one attached hydrogen (secondary N) is 1. The van der Waals surface area contributed by atoms with Crippen LogP contribution in [0.2, 0.25) is 5.02 Å². The van der Waals surface area contributed by atoms with E-state index in [2.05, 4.69) is 10.3 Å². The van der Waals surface area contributed by atoms with E-state index in [1.807, 2.05) is 0 Å². The Hall–Kier alpha value is -3.39. The summed E-state index contributed by atoms with van der Waals surface area (Å²) in [5.74, 6) is -0.0990. The zero-order chi connectivity index (χ0) is 18.7. The molecule has 1 N–H and O–H groups in total. The Labute approximate surface area is 153 Å². The fraction of sp³-hybridized carbons (Fsp3) is 0.0588. The van der Waals surface area contributed by atoms with Gasteiger partial charge in [0.2, 0.25) is 0 Å². The third-order valence-electron chi connectivity index (χ3n) is 3.63. The highest BCUT2D eigenvalue weighted by Gasteiger charge is 2.19. The number of anilines is 1. The number of imidazole rings is 1. The van der Waals surface area contributed by atoms with E-state index in [-0.39, 0.29) is 11.3 Å². The van der Waals surface area contributed by atoms with E-state index >= 15 is 0 Å². The van der Waals surface area contributed by atoms with Gasteiger partial charge in [-0.05, 0) is 30.3 Å². The van der Waals surface area contributed by atoms with Gasteiger partial charge in [0.25, 0.3) is 11.6 Å². The van der Waals surface area contributed by atoms with Crippen molar-refractivity contribution in [3.63, 3.8) is 0 Å². The molecule has 2 aromatic carbocycles. The average molecular weight is 373 g/mol. The Morgan fingerprint density at radius 1 is 1.31 bits per heavy atom. The molecule has 132 valence electrons. The van der Waals surface area contributed by atoms with Gasteiger partial charge in [-0.2, -0.15) is 0 Å². The van der Waals surface area contributed by atoms with Gasteiger partial charge in [-0.15, -0.1) is 0 Å². The van der Waals surface area contributed by atoms with Gasteiger partial charge in [0.1, 0.15) is 11.4 Å². The molecule has 3 aromatic rings. The Bertz CT molecular complexity index is 973. The Balaban J connectivity index is 1.95. The second kappa shape index (κ2) is 7.24. The molecule has 3 rings (SSSR count). The van der Waals surface area contributed by atoms with Crippen LogP contribution in [0.4, 0.5) is 11.4 Å². The lowest BCUT2D eigenvalue weighted by atomic mass is 10.1. The third-order valence-corrected chi connectivity index (χ3v) is 3.86. The first-order chi connectivity index (χ1) is 12.5. The van der Waals surface area contributed by atoms with Crippen molar-refractivity contribution in [1.29, 1.82) is 0 Å². The maximum absolute atomic E-state index is 12.5. The molecule has 0 fully saturated rings. The van der Waals surface area contributed by atoms with Crippen LogP contribution in [0, 0.1) is 10.1 Å². The number of methoxy groups -OCH3 is 1. The summed E-state index contributed by atoms with van der Waals surface area (Å²) in [5.41, 5.74) is 0.590. The van der Waals surface area contributed by atoms with Crippen molar-refractivity contribution in [3.05, 3.63) is 75.8 Å². The number of rotatable bonds is 5. The van der Waals surface area contributed by atoms with Crippen LogP contribution in [0.15, 0.2) is 55.1 Å². The van der Waals surface area contributed by atoms with Gasteiger partial charge in [0, 0.05) is 29.0 Å². The van der Waals surface area contributed by atoms with Crippen LogP contribution < -0.4 is 10.1 Å². The summed E-state index contributed by atoms with van der Waals surface area (Å²) in [4.78, 5) is 27.2. The monoisotopic (exact) mass is 372 g/mol. The van der Waals surface area contributed by atoms with E-state index in [0.717, 1.165) is 0 Å². The molecule has 0 aliphatic carbocycles. The summed E-state index contributed by atoms with van der Waals surface area (Å²) >= 11 is 5.94. The van der Waals surface area contributed by atoms with Gasteiger partial charge in [0.15, 0.2) is 0 Å². The number of hydrogen-bond donors (Lipinski definition) is 1. The highest BCUT2D eigenvalue weighted by molar-refractivity contribution is 6.31. The van der Waals surface area contributed by atoms with Crippen molar-refractivity contribution in [2.24, 2.45) is 0 Å². The topological polar surface area (TPSA) is 99.3 Å². The van der Waals surface area contributed by atoms with E-state index in [1.54, 1.807) is 18.3 Å². The summed E-state index contributed by atoms with van der Waals surface area (Å²) in [7, 11) is 1.46. The van der Waals surface area contributed by atoms with E-state index in [1.165, 1.54) is 48.5 Å². The molecule has 0 saturated carbocycles. The average Bonchev–Trinajstić information content (AvgIpc) is 3.16. The maximum Gasteiger partial charge on any atom is 0.294 e. The molecule has 0 unspecified atom stereocenters. The second-order valence-corrected chi connectivity index (χ2v) is 5.67. The van der Waals surface area contributed by atoms with Crippen molar-refractivity contribution >= 4 is 28.9 Å². The molecule has 9 heteroatoms. The first-order valence-corrected chi connectivity index (χ1v) is 7.79. The van der Waals surface area contributed by atoms with Gasteiger partial charge >= 0.3 is 0 Å². The molecule has 8 nitrogen and oxygen atoms in total. The lowest BCUT2D eigenvalue weighted by molar-refractivity contribution is -0.384. The number of nitro benzene ring substituents is 1. The number of carbonyl (C=O) groups excluding carboxylic acids is 1. The van der Waals surface area contributed by atoms with E-state index in [0.29, 0.717) is 22.1 Å².